The first-order valence-electron chi connectivity index (χ1n) is 7.29. The topological polar surface area (TPSA) is 139 Å². The van der Waals surface area contributed by atoms with Crippen LogP contribution in [0.15, 0.2) is 41.3 Å². The largest absolute Gasteiger partial charge is 0.331 e. The first-order chi connectivity index (χ1) is 12.1. The minimum absolute atomic E-state index is 0.0342. The number of hydrazine groups is 1. The minimum atomic E-state index is -4.05. The van der Waals surface area contributed by atoms with Gasteiger partial charge in [0.1, 0.15) is 5.69 Å². The molecule has 0 aliphatic carbocycles. The summed E-state index contributed by atoms with van der Waals surface area (Å²) in [5.74, 6) is 0. The average Bonchev–Trinajstić information content (AvgIpc) is 2.50. The van der Waals surface area contributed by atoms with E-state index in [0.717, 1.165) is 28.9 Å². The lowest BCUT2D eigenvalue weighted by Crippen LogP contribution is -2.33. The van der Waals surface area contributed by atoms with Crippen LogP contribution in [0.3, 0.4) is 0 Å². The van der Waals surface area contributed by atoms with Gasteiger partial charge in [0.15, 0.2) is 5.11 Å². The maximum Gasteiger partial charge on any atom is 0.295 e. The third kappa shape index (κ3) is 5.12. The number of anilines is 2. The lowest BCUT2D eigenvalue weighted by molar-refractivity contribution is -0.384. The lowest BCUT2D eigenvalue weighted by atomic mass is 10.1. The van der Waals surface area contributed by atoms with Gasteiger partial charge in [-0.05, 0) is 61.5 Å². The number of primary sulfonamides is 1. The number of nitrogens with two attached hydrogens (primary N) is 1. The van der Waals surface area contributed by atoms with E-state index in [9.17, 15) is 18.5 Å². The first-order valence-corrected chi connectivity index (χ1v) is 9.24. The molecule has 0 unspecified atom stereocenters. The molecule has 0 saturated heterocycles. The summed E-state index contributed by atoms with van der Waals surface area (Å²) < 4.78 is 22.7. The second-order valence-corrected chi connectivity index (χ2v) is 7.53. The Kier molecular flexibility index (Phi) is 5.75. The second-order valence-electron chi connectivity index (χ2n) is 5.56. The van der Waals surface area contributed by atoms with Crippen molar-refractivity contribution in [2.75, 3.05) is 10.7 Å². The van der Waals surface area contributed by atoms with E-state index in [1.807, 2.05) is 32.0 Å². The molecule has 2 rings (SSSR count). The first kappa shape index (κ1) is 19.6. The fourth-order valence-corrected chi connectivity index (χ4v) is 2.98. The predicted octanol–water partition coefficient (Wildman–Crippen LogP) is 2.17. The van der Waals surface area contributed by atoms with Crippen molar-refractivity contribution in [1.82, 2.24) is 5.43 Å². The van der Waals surface area contributed by atoms with Crippen LogP contribution in [0.2, 0.25) is 0 Å². The smallest absolute Gasteiger partial charge is 0.295 e. The Morgan fingerprint density at radius 2 is 1.77 bits per heavy atom. The van der Waals surface area contributed by atoms with Gasteiger partial charge < -0.3 is 5.32 Å². The molecule has 0 aromatic heterocycles. The number of sulfonamides is 1. The van der Waals surface area contributed by atoms with Gasteiger partial charge in [0.05, 0.1) is 9.82 Å². The van der Waals surface area contributed by atoms with Crippen LogP contribution in [0.4, 0.5) is 17.1 Å². The zero-order valence-electron chi connectivity index (χ0n) is 13.9. The molecule has 0 aliphatic rings. The highest BCUT2D eigenvalue weighted by molar-refractivity contribution is 7.89. The van der Waals surface area contributed by atoms with E-state index in [-0.39, 0.29) is 15.7 Å². The van der Waals surface area contributed by atoms with Crippen LogP contribution < -0.4 is 21.3 Å². The van der Waals surface area contributed by atoms with E-state index in [1.54, 1.807) is 0 Å². The highest BCUT2D eigenvalue weighted by Crippen LogP contribution is 2.26. The van der Waals surface area contributed by atoms with Crippen molar-refractivity contribution in [2.45, 2.75) is 18.7 Å². The molecule has 26 heavy (non-hydrogen) atoms. The normalized spacial score (nSPS) is 10.9. The third-order valence-corrected chi connectivity index (χ3v) is 4.40. The van der Waals surface area contributed by atoms with E-state index in [4.69, 9.17) is 17.4 Å². The van der Waals surface area contributed by atoms with E-state index in [1.165, 1.54) is 6.07 Å². The van der Waals surface area contributed by atoms with Crippen LogP contribution in [0.5, 0.6) is 0 Å². The Labute approximate surface area is 155 Å². The molecule has 9 nitrogen and oxygen atoms in total. The number of hydrogen-bond donors (Lipinski definition) is 4. The number of nitro groups is 1. The molecule has 0 fully saturated rings. The van der Waals surface area contributed by atoms with Crippen molar-refractivity contribution >= 4 is 44.4 Å². The molecule has 0 atom stereocenters. The van der Waals surface area contributed by atoms with Crippen molar-refractivity contribution in [1.29, 1.82) is 0 Å². The van der Waals surface area contributed by atoms with Crippen LogP contribution in [0, 0.1) is 24.0 Å². The molecule has 0 radical (unpaired) electrons. The molecular formula is C15H17N5O4S2. The fourth-order valence-electron chi connectivity index (χ4n) is 2.28. The fraction of sp³-hybridized carbons (Fsp3) is 0.133. The van der Waals surface area contributed by atoms with Gasteiger partial charge in [-0.25, -0.2) is 13.6 Å². The van der Waals surface area contributed by atoms with Crippen LogP contribution in [-0.4, -0.2) is 18.5 Å². The summed E-state index contributed by atoms with van der Waals surface area (Å²) in [6, 6.07) is 9.06. The van der Waals surface area contributed by atoms with Gasteiger partial charge >= 0.3 is 0 Å². The number of nitrogens with zero attached hydrogens (tertiary/aromatic N) is 1. The molecule has 2 aromatic rings. The number of aryl methyl sites for hydroxylation is 2. The quantitative estimate of drug-likeness (QED) is 0.343. The molecule has 0 aliphatic heterocycles. The maximum atomic E-state index is 11.3. The Morgan fingerprint density at radius 1 is 1.15 bits per heavy atom. The molecular weight excluding hydrogens is 378 g/mol. The lowest BCUT2D eigenvalue weighted by Gasteiger charge is -2.14. The number of thiocarbonyl (C=S) groups is 1. The summed E-state index contributed by atoms with van der Waals surface area (Å²) in [6.07, 6.45) is 0. The van der Waals surface area contributed by atoms with Gasteiger partial charge in [-0.1, -0.05) is 6.07 Å². The van der Waals surface area contributed by atoms with Crippen LogP contribution in [-0.2, 0) is 10.0 Å². The van der Waals surface area contributed by atoms with Crippen LogP contribution in [0.25, 0.3) is 0 Å². The maximum absolute atomic E-state index is 11.3. The zero-order chi connectivity index (χ0) is 19.5. The number of benzene rings is 2. The number of nitro benzene ring substituents is 1. The van der Waals surface area contributed by atoms with Gasteiger partial charge in [0, 0.05) is 11.8 Å². The van der Waals surface area contributed by atoms with Gasteiger partial charge in [-0.3, -0.25) is 21.0 Å². The van der Waals surface area contributed by atoms with Crippen LogP contribution in [0.1, 0.15) is 11.1 Å². The Hall–Kier alpha value is -2.76. The molecule has 0 heterocycles. The van der Waals surface area contributed by atoms with Gasteiger partial charge in [0.2, 0.25) is 10.0 Å². The highest BCUT2D eigenvalue weighted by Gasteiger charge is 2.19. The Balaban J connectivity index is 2.13. The molecule has 11 heteroatoms. The molecule has 138 valence electrons. The summed E-state index contributed by atoms with van der Waals surface area (Å²) in [5, 5.41) is 19.3. The molecule has 2 aromatic carbocycles. The molecule has 5 N–H and O–H groups in total. The average molecular weight is 395 g/mol. The van der Waals surface area contributed by atoms with E-state index in [0.29, 0.717) is 0 Å². The summed E-state index contributed by atoms with van der Waals surface area (Å²) in [7, 11) is -4.05. The number of nitrogens with one attached hydrogen (secondary N) is 3. The summed E-state index contributed by atoms with van der Waals surface area (Å²) in [5.41, 5.74) is 7.66. The monoisotopic (exact) mass is 395 g/mol. The molecule has 0 amide bonds. The van der Waals surface area contributed by atoms with Crippen molar-refractivity contribution in [3.8, 4) is 0 Å². The number of rotatable bonds is 5. The van der Waals surface area contributed by atoms with E-state index in [2.05, 4.69) is 16.2 Å². The second kappa shape index (κ2) is 7.64. The molecule has 0 bridgehead atoms. The summed E-state index contributed by atoms with van der Waals surface area (Å²) in [4.78, 5) is 10.1. The SMILES string of the molecule is Cc1cc(C)cc(NC(=S)NNc2ccc(S(N)(=O)=O)cc2[N+](=O)[O-])c1. The molecule has 0 spiro atoms. The van der Waals surface area contributed by atoms with Gasteiger partial charge in [0.25, 0.3) is 5.69 Å². The standard InChI is InChI=1S/C15H17N5O4S2/c1-9-5-10(2)7-11(6-9)17-15(25)19-18-13-4-3-12(26(16,23)24)8-14(13)20(21)22/h3-8,18H,1-2H3,(H2,16,23,24)(H2,17,19,25). The summed E-state index contributed by atoms with van der Waals surface area (Å²) in [6.45, 7) is 3.90. The van der Waals surface area contributed by atoms with Crippen molar-refractivity contribution in [2.24, 2.45) is 5.14 Å². The summed E-state index contributed by atoms with van der Waals surface area (Å²) >= 11 is 5.15. The van der Waals surface area contributed by atoms with Crippen LogP contribution >= 0.6 is 12.2 Å². The minimum Gasteiger partial charge on any atom is -0.331 e. The van der Waals surface area contributed by atoms with Crippen molar-refractivity contribution in [3.63, 3.8) is 0 Å². The van der Waals surface area contributed by atoms with Crippen molar-refractivity contribution in [3.05, 3.63) is 57.6 Å². The van der Waals surface area contributed by atoms with E-state index >= 15 is 0 Å². The third-order valence-electron chi connectivity index (χ3n) is 3.28. The van der Waals surface area contributed by atoms with E-state index < -0.39 is 20.6 Å². The Morgan fingerprint density at radius 3 is 2.31 bits per heavy atom. The molecule has 0 saturated carbocycles. The van der Waals surface area contributed by atoms with Crippen molar-refractivity contribution < 1.29 is 13.3 Å². The Bertz CT molecular complexity index is 956. The van der Waals surface area contributed by atoms with Gasteiger partial charge in [-0.2, -0.15) is 0 Å². The zero-order valence-corrected chi connectivity index (χ0v) is 15.6. The van der Waals surface area contributed by atoms with Gasteiger partial charge in [-0.15, -0.1) is 0 Å². The highest BCUT2D eigenvalue weighted by atomic mass is 32.2. The predicted molar refractivity (Wildman–Crippen MR) is 103 cm³/mol. The number of hydrogen-bond acceptors (Lipinski definition) is 6.